The fourth-order valence-electron chi connectivity index (χ4n) is 2.36. The number of hydrogen-bond donors (Lipinski definition) is 3. The number of rotatable bonds is 6. The summed E-state index contributed by atoms with van der Waals surface area (Å²) < 4.78 is 0. The van der Waals surface area contributed by atoms with Gasteiger partial charge in [0, 0.05) is 36.2 Å². The van der Waals surface area contributed by atoms with Crippen LogP contribution in [0.3, 0.4) is 0 Å². The Morgan fingerprint density at radius 2 is 2.25 bits per heavy atom. The fourth-order valence-corrected chi connectivity index (χ4v) is 2.36. The molecule has 1 aromatic carbocycles. The van der Waals surface area contributed by atoms with Gasteiger partial charge in [-0.25, -0.2) is 0 Å². The number of benzene rings is 1. The van der Waals surface area contributed by atoms with Crippen LogP contribution in [-0.4, -0.2) is 28.6 Å². The maximum Gasteiger partial charge on any atom is 0.220 e. The number of aliphatic hydroxyl groups is 1. The van der Waals surface area contributed by atoms with E-state index in [9.17, 15) is 4.79 Å². The largest absolute Gasteiger partial charge is 0.396 e. The summed E-state index contributed by atoms with van der Waals surface area (Å²) in [6.45, 7) is 4.08. The van der Waals surface area contributed by atoms with Crippen molar-refractivity contribution < 1.29 is 9.90 Å². The second-order valence-electron chi connectivity index (χ2n) is 5.34. The van der Waals surface area contributed by atoms with Gasteiger partial charge in [-0.1, -0.05) is 11.6 Å². The smallest absolute Gasteiger partial charge is 0.220 e. The highest BCUT2D eigenvalue weighted by atomic mass is 16.3. The number of hydrogen-bond acceptors (Lipinski definition) is 2. The zero-order valence-corrected chi connectivity index (χ0v) is 12.1. The molecule has 0 fully saturated rings. The van der Waals surface area contributed by atoms with Gasteiger partial charge < -0.3 is 15.4 Å². The molecule has 0 saturated carbocycles. The van der Waals surface area contributed by atoms with Crippen LogP contribution in [0, 0.1) is 6.92 Å². The first-order chi connectivity index (χ1) is 9.60. The van der Waals surface area contributed by atoms with Gasteiger partial charge in [-0.3, -0.25) is 4.79 Å². The number of carbonyl (C=O) groups excluding carboxylic acids is 1. The molecule has 0 bridgehead atoms. The van der Waals surface area contributed by atoms with Crippen molar-refractivity contribution >= 4 is 16.8 Å². The zero-order valence-electron chi connectivity index (χ0n) is 12.1. The molecule has 2 aromatic rings. The molecule has 3 N–H and O–H groups in total. The molecule has 0 radical (unpaired) electrons. The van der Waals surface area contributed by atoms with E-state index in [1.807, 2.05) is 13.1 Å². The first-order valence-electron chi connectivity index (χ1n) is 7.07. The van der Waals surface area contributed by atoms with Crippen LogP contribution in [-0.2, 0) is 11.2 Å². The molecule has 0 spiro atoms. The summed E-state index contributed by atoms with van der Waals surface area (Å²) in [5, 5.41) is 12.9. The van der Waals surface area contributed by atoms with Crippen LogP contribution in [0.15, 0.2) is 24.4 Å². The molecular formula is C16H22N2O2. The number of amides is 1. The maximum atomic E-state index is 11.8. The number of aromatic amines is 1. The molecule has 1 amide bonds. The highest BCUT2D eigenvalue weighted by Gasteiger charge is 2.09. The lowest BCUT2D eigenvalue weighted by molar-refractivity contribution is -0.121. The molecule has 1 heterocycles. The van der Waals surface area contributed by atoms with Gasteiger partial charge in [0.1, 0.15) is 0 Å². The normalized spacial score (nSPS) is 12.6. The van der Waals surface area contributed by atoms with Crippen molar-refractivity contribution in [3.05, 3.63) is 35.5 Å². The fraction of sp³-hybridized carbons (Fsp3) is 0.438. The van der Waals surface area contributed by atoms with Crippen LogP contribution in [0.1, 0.15) is 30.9 Å². The number of fused-ring (bicyclic) bond motifs is 1. The summed E-state index contributed by atoms with van der Waals surface area (Å²) in [6.07, 6.45) is 3.77. The Balaban J connectivity index is 1.95. The highest BCUT2D eigenvalue weighted by Crippen LogP contribution is 2.20. The van der Waals surface area contributed by atoms with Crippen molar-refractivity contribution in [3.63, 3.8) is 0 Å². The Labute approximate surface area is 119 Å². The maximum absolute atomic E-state index is 11.8. The molecule has 1 aromatic heterocycles. The second-order valence-corrected chi connectivity index (χ2v) is 5.34. The average Bonchev–Trinajstić information content (AvgIpc) is 2.79. The lowest BCUT2D eigenvalue weighted by Gasteiger charge is -2.12. The SMILES string of the molecule is Cc1ccc2[nH]cc(CCC(=O)NC(C)CCO)c2c1. The van der Waals surface area contributed by atoms with E-state index in [-0.39, 0.29) is 18.6 Å². The molecule has 4 heteroatoms. The molecule has 2 rings (SSSR count). The van der Waals surface area contributed by atoms with Gasteiger partial charge >= 0.3 is 0 Å². The summed E-state index contributed by atoms with van der Waals surface area (Å²) >= 11 is 0. The molecular weight excluding hydrogens is 252 g/mol. The first-order valence-corrected chi connectivity index (χ1v) is 7.07. The van der Waals surface area contributed by atoms with Crippen LogP contribution in [0.5, 0.6) is 0 Å². The van der Waals surface area contributed by atoms with Gasteiger partial charge in [0.2, 0.25) is 5.91 Å². The Kier molecular flexibility index (Phi) is 4.79. The first kappa shape index (κ1) is 14.6. The summed E-state index contributed by atoms with van der Waals surface area (Å²) in [5.74, 6) is 0.0351. The third kappa shape index (κ3) is 3.61. The lowest BCUT2D eigenvalue weighted by atomic mass is 10.1. The topological polar surface area (TPSA) is 65.1 Å². The lowest BCUT2D eigenvalue weighted by Crippen LogP contribution is -2.33. The summed E-state index contributed by atoms with van der Waals surface area (Å²) in [7, 11) is 0. The average molecular weight is 274 g/mol. The van der Waals surface area contributed by atoms with E-state index in [4.69, 9.17) is 5.11 Å². The van der Waals surface area contributed by atoms with Crippen LogP contribution in [0.25, 0.3) is 10.9 Å². The van der Waals surface area contributed by atoms with Gasteiger partial charge in [-0.2, -0.15) is 0 Å². The minimum Gasteiger partial charge on any atom is -0.396 e. The molecule has 0 aliphatic heterocycles. The Morgan fingerprint density at radius 1 is 1.45 bits per heavy atom. The standard InChI is InChI=1S/C16H22N2O2/c1-11-3-5-15-14(9-11)13(10-17-15)4-6-16(20)18-12(2)7-8-19/h3,5,9-10,12,17,19H,4,6-8H2,1-2H3,(H,18,20). The Bertz CT molecular complexity index is 589. The van der Waals surface area contributed by atoms with Crippen molar-refractivity contribution in [2.75, 3.05) is 6.61 Å². The number of H-pyrrole nitrogens is 1. The van der Waals surface area contributed by atoms with E-state index >= 15 is 0 Å². The van der Waals surface area contributed by atoms with E-state index in [0.717, 1.165) is 11.9 Å². The molecule has 0 aliphatic carbocycles. The molecule has 0 aliphatic rings. The molecule has 1 unspecified atom stereocenters. The van der Waals surface area contributed by atoms with Gasteiger partial charge in [-0.05, 0) is 44.4 Å². The van der Waals surface area contributed by atoms with Crippen molar-refractivity contribution in [3.8, 4) is 0 Å². The minimum absolute atomic E-state index is 0.0257. The molecule has 1 atom stereocenters. The van der Waals surface area contributed by atoms with Crippen molar-refractivity contribution in [2.24, 2.45) is 0 Å². The quantitative estimate of drug-likeness (QED) is 0.756. The summed E-state index contributed by atoms with van der Waals surface area (Å²) in [5.41, 5.74) is 3.51. The van der Waals surface area contributed by atoms with Crippen molar-refractivity contribution in [2.45, 2.75) is 39.2 Å². The number of aliphatic hydroxyl groups excluding tert-OH is 1. The van der Waals surface area contributed by atoms with Gasteiger partial charge in [-0.15, -0.1) is 0 Å². The van der Waals surface area contributed by atoms with E-state index in [1.54, 1.807) is 0 Å². The van der Waals surface area contributed by atoms with E-state index < -0.39 is 0 Å². The van der Waals surface area contributed by atoms with E-state index in [2.05, 4.69) is 35.4 Å². The highest BCUT2D eigenvalue weighted by molar-refractivity contribution is 5.84. The molecule has 20 heavy (non-hydrogen) atoms. The van der Waals surface area contributed by atoms with Crippen LogP contribution < -0.4 is 5.32 Å². The van der Waals surface area contributed by atoms with Crippen LogP contribution in [0.2, 0.25) is 0 Å². The Hall–Kier alpha value is -1.81. The minimum atomic E-state index is 0.0257. The van der Waals surface area contributed by atoms with Crippen LogP contribution >= 0.6 is 0 Å². The number of aryl methyl sites for hydroxylation is 2. The monoisotopic (exact) mass is 274 g/mol. The third-order valence-corrected chi connectivity index (χ3v) is 3.51. The summed E-state index contributed by atoms with van der Waals surface area (Å²) in [6, 6.07) is 6.31. The van der Waals surface area contributed by atoms with Crippen molar-refractivity contribution in [1.29, 1.82) is 0 Å². The molecule has 0 saturated heterocycles. The number of aromatic nitrogens is 1. The molecule has 108 valence electrons. The second kappa shape index (κ2) is 6.57. The van der Waals surface area contributed by atoms with E-state index in [0.29, 0.717) is 12.8 Å². The predicted molar refractivity (Wildman–Crippen MR) is 80.7 cm³/mol. The van der Waals surface area contributed by atoms with Gasteiger partial charge in [0.05, 0.1) is 0 Å². The van der Waals surface area contributed by atoms with Crippen molar-refractivity contribution in [1.82, 2.24) is 10.3 Å². The zero-order chi connectivity index (χ0) is 14.5. The predicted octanol–water partition coefficient (Wildman–Crippen LogP) is 2.30. The third-order valence-electron chi connectivity index (χ3n) is 3.51. The Morgan fingerprint density at radius 3 is 3.00 bits per heavy atom. The molecule has 4 nitrogen and oxygen atoms in total. The number of carbonyl (C=O) groups is 1. The van der Waals surface area contributed by atoms with E-state index in [1.165, 1.54) is 16.5 Å². The van der Waals surface area contributed by atoms with Crippen LogP contribution in [0.4, 0.5) is 0 Å². The number of nitrogens with one attached hydrogen (secondary N) is 2. The van der Waals surface area contributed by atoms with Gasteiger partial charge in [0.25, 0.3) is 0 Å². The summed E-state index contributed by atoms with van der Waals surface area (Å²) in [4.78, 5) is 15.1. The van der Waals surface area contributed by atoms with Gasteiger partial charge in [0.15, 0.2) is 0 Å².